The van der Waals surface area contributed by atoms with Gasteiger partial charge < -0.3 is 4.74 Å². The fourth-order valence-electron chi connectivity index (χ4n) is 2.61. The smallest absolute Gasteiger partial charge is 0.372 e. The van der Waals surface area contributed by atoms with Crippen LogP contribution >= 0.6 is 0 Å². The first-order valence-corrected chi connectivity index (χ1v) is 6.94. The van der Waals surface area contributed by atoms with Crippen molar-refractivity contribution in [2.75, 3.05) is 6.61 Å². The Balaban J connectivity index is 3.02. The summed E-state index contributed by atoms with van der Waals surface area (Å²) in [6.07, 6.45) is 0.492. The van der Waals surface area contributed by atoms with E-state index < -0.39 is 11.8 Å². The molecule has 0 saturated carbocycles. The second kappa shape index (κ2) is 4.74. The quantitative estimate of drug-likeness (QED) is 0.445. The van der Waals surface area contributed by atoms with Gasteiger partial charge in [-0.2, -0.15) is 9.78 Å². The molecule has 4 heteroatoms. The molecule has 19 heavy (non-hydrogen) atoms. The third-order valence-corrected chi connectivity index (χ3v) is 4.77. The average Bonchev–Trinajstić information content (AvgIpc) is 2.95. The van der Waals surface area contributed by atoms with E-state index in [-0.39, 0.29) is 16.2 Å². The van der Waals surface area contributed by atoms with E-state index in [0.29, 0.717) is 13.0 Å². The number of hydrogen-bond donors (Lipinski definition) is 0. The molecule has 1 rings (SSSR count). The summed E-state index contributed by atoms with van der Waals surface area (Å²) >= 11 is 0. The summed E-state index contributed by atoms with van der Waals surface area (Å²) in [4.78, 5) is 22.0. The van der Waals surface area contributed by atoms with Gasteiger partial charge in [0.25, 0.3) is 0 Å². The molecule has 1 fully saturated rings. The number of rotatable bonds is 4. The maximum atomic E-state index is 12.0. The van der Waals surface area contributed by atoms with Gasteiger partial charge in [0.1, 0.15) is 0 Å². The summed E-state index contributed by atoms with van der Waals surface area (Å²) in [7, 11) is 0. The molecule has 0 aromatic rings. The first-order chi connectivity index (χ1) is 8.40. The Morgan fingerprint density at radius 2 is 1.42 bits per heavy atom. The van der Waals surface area contributed by atoms with E-state index in [2.05, 4.69) is 48.5 Å². The highest BCUT2D eigenvalue weighted by Gasteiger charge is 2.64. The van der Waals surface area contributed by atoms with Crippen molar-refractivity contribution in [3.05, 3.63) is 0 Å². The van der Waals surface area contributed by atoms with Crippen LogP contribution in [0.5, 0.6) is 0 Å². The van der Waals surface area contributed by atoms with Crippen molar-refractivity contribution in [2.24, 2.45) is 16.2 Å². The zero-order valence-electron chi connectivity index (χ0n) is 13.5. The van der Waals surface area contributed by atoms with Crippen LogP contribution in [0.3, 0.4) is 0 Å². The molecule has 1 heterocycles. The zero-order chi connectivity index (χ0) is 15.1. The van der Waals surface area contributed by atoms with Gasteiger partial charge in [-0.25, -0.2) is 4.79 Å². The average molecular weight is 272 g/mol. The molecule has 0 radical (unpaired) electrons. The Morgan fingerprint density at radius 1 is 1.00 bits per heavy atom. The summed E-state index contributed by atoms with van der Waals surface area (Å²) in [5, 5.41) is 0. The normalized spacial score (nSPS) is 19.2. The molecule has 112 valence electrons. The fourth-order valence-corrected chi connectivity index (χ4v) is 2.61. The molecule has 0 bridgehead atoms. The van der Waals surface area contributed by atoms with Crippen LogP contribution in [-0.2, 0) is 19.3 Å². The number of esters is 1. The maximum Gasteiger partial charge on any atom is 0.372 e. The van der Waals surface area contributed by atoms with Crippen LogP contribution in [0.2, 0.25) is 0 Å². The SMILES string of the molecule is CCOC(=O)C1(CC(C)(C(C)(C)C)C(C)(C)C)OO1. The van der Waals surface area contributed by atoms with Gasteiger partial charge in [0.05, 0.1) is 6.61 Å². The van der Waals surface area contributed by atoms with E-state index in [0.717, 1.165) is 0 Å². The molecule has 4 nitrogen and oxygen atoms in total. The molecule has 0 N–H and O–H groups in total. The van der Waals surface area contributed by atoms with Crippen molar-refractivity contribution >= 4 is 5.97 Å². The van der Waals surface area contributed by atoms with Crippen LogP contribution in [0.4, 0.5) is 0 Å². The first kappa shape index (κ1) is 16.4. The summed E-state index contributed by atoms with van der Waals surface area (Å²) in [6.45, 7) is 17.4. The minimum atomic E-state index is -1.20. The summed E-state index contributed by atoms with van der Waals surface area (Å²) in [6, 6.07) is 0. The lowest BCUT2D eigenvalue weighted by atomic mass is 9.53. The van der Waals surface area contributed by atoms with Crippen LogP contribution in [0.15, 0.2) is 0 Å². The van der Waals surface area contributed by atoms with Gasteiger partial charge in [-0.1, -0.05) is 48.5 Å². The third kappa shape index (κ3) is 2.95. The topological polar surface area (TPSA) is 51.4 Å². The Hall–Kier alpha value is -0.610. The molecule has 0 aromatic carbocycles. The molecule has 0 unspecified atom stereocenters. The van der Waals surface area contributed by atoms with Crippen LogP contribution in [0.25, 0.3) is 0 Å². The Bertz CT molecular complexity index is 328. The third-order valence-electron chi connectivity index (χ3n) is 4.77. The van der Waals surface area contributed by atoms with Crippen LogP contribution in [-0.4, -0.2) is 18.4 Å². The highest BCUT2D eigenvalue weighted by atomic mass is 17.4. The molecular weight excluding hydrogens is 244 g/mol. The number of ether oxygens (including phenoxy) is 1. The molecule has 0 spiro atoms. The number of carbonyl (C=O) groups excluding carboxylic acids is 1. The van der Waals surface area contributed by atoms with Crippen LogP contribution in [0, 0.1) is 16.2 Å². The van der Waals surface area contributed by atoms with E-state index in [1.807, 2.05) is 0 Å². The maximum absolute atomic E-state index is 12.0. The molecular formula is C15H28O4. The van der Waals surface area contributed by atoms with E-state index in [4.69, 9.17) is 14.5 Å². The Morgan fingerprint density at radius 3 is 1.68 bits per heavy atom. The van der Waals surface area contributed by atoms with Crippen molar-refractivity contribution in [1.82, 2.24) is 0 Å². The predicted octanol–water partition coefficient (Wildman–Crippen LogP) is 3.70. The molecule has 1 aliphatic heterocycles. The van der Waals surface area contributed by atoms with Crippen molar-refractivity contribution in [3.8, 4) is 0 Å². The van der Waals surface area contributed by atoms with Crippen molar-refractivity contribution in [1.29, 1.82) is 0 Å². The molecule has 0 amide bonds. The van der Waals surface area contributed by atoms with Gasteiger partial charge in [-0.3, -0.25) is 0 Å². The highest BCUT2D eigenvalue weighted by Crippen LogP contribution is 2.58. The van der Waals surface area contributed by atoms with Gasteiger partial charge in [0, 0.05) is 6.42 Å². The van der Waals surface area contributed by atoms with E-state index in [1.54, 1.807) is 6.92 Å². The van der Waals surface area contributed by atoms with E-state index >= 15 is 0 Å². The standard InChI is InChI=1S/C15H28O4/c1-9-17-11(16)15(18-19-15)10-14(8,12(2,3)4)13(5,6)7/h9-10H2,1-8H3. The number of carbonyl (C=O) groups is 1. The van der Waals surface area contributed by atoms with Crippen LogP contribution < -0.4 is 0 Å². The fraction of sp³-hybridized carbons (Fsp3) is 0.933. The van der Waals surface area contributed by atoms with E-state index in [9.17, 15) is 4.79 Å². The minimum absolute atomic E-state index is 0.0000542. The predicted molar refractivity (Wildman–Crippen MR) is 73.2 cm³/mol. The molecule has 0 atom stereocenters. The Kier molecular flexibility index (Phi) is 4.10. The van der Waals surface area contributed by atoms with E-state index in [1.165, 1.54) is 0 Å². The van der Waals surface area contributed by atoms with Gasteiger partial charge in [-0.05, 0) is 23.2 Å². The lowest BCUT2D eigenvalue weighted by Crippen LogP contribution is -2.48. The summed E-state index contributed by atoms with van der Waals surface area (Å²) in [5.41, 5.74) is -0.149. The molecule has 0 aromatic heterocycles. The van der Waals surface area contributed by atoms with Crippen LogP contribution in [0.1, 0.15) is 61.8 Å². The van der Waals surface area contributed by atoms with Gasteiger partial charge in [0.15, 0.2) is 0 Å². The van der Waals surface area contributed by atoms with Crippen molar-refractivity contribution in [3.63, 3.8) is 0 Å². The highest BCUT2D eigenvalue weighted by molar-refractivity contribution is 5.79. The monoisotopic (exact) mass is 272 g/mol. The molecule has 1 saturated heterocycles. The first-order valence-electron chi connectivity index (χ1n) is 6.94. The lowest BCUT2D eigenvalue weighted by Gasteiger charge is -2.51. The lowest BCUT2D eigenvalue weighted by molar-refractivity contribution is -0.155. The van der Waals surface area contributed by atoms with Gasteiger partial charge in [0.2, 0.25) is 0 Å². The molecule has 1 aliphatic rings. The van der Waals surface area contributed by atoms with Gasteiger partial charge >= 0.3 is 11.8 Å². The van der Waals surface area contributed by atoms with Crippen molar-refractivity contribution in [2.45, 2.75) is 67.6 Å². The second-order valence-electron chi connectivity index (χ2n) is 7.65. The summed E-state index contributed by atoms with van der Waals surface area (Å²) < 4.78 is 5.05. The van der Waals surface area contributed by atoms with Gasteiger partial charge in [-0.15, -0.1) is 0 Å². The molecule has 0 aliphatic carbocycles. The zero-order valence-corrected chi connectivity index (χ0v) is 13.5. The summed E-state index contributed by atoms with van der Waals surface area (Å²) in [5.74, 6) is -1.62. The largest absolute Gasteiger partial charge is 0.462 e. The Labute approximate surface area is 116 Å². The second-order valence-corrected chi connectivity index (χ2v) is 7.65. The number of hydrogen-bond acceptors (Lipinski definition) is 4. The van der Waals surface area contributed by atoms with Crippen molar-refractivity contribution < 1.29 is 19.3 Å². The minimum Gasteiger partial charge on any atom is -0.462 e.